The smallest absolute Gasteiger partial charge is 0.212 e. The molecule has 3 N–H and O–H groups in total. The van der Waals surface area contributed by atoms with Gasteiger partial charge in [0.05, 0.1) is 11.0 Å². The minimum absolute atomic E-state index is 0.317. The summed E-state index contributed by atoms with van der Waals surface area (Å²) in [6.07, 6.45) is -0.317. The number of fused-ring (bicyclic) bond motifs is 3. The molecule has 1 aliphatic heterocycles. The van der Waals surface area contributed by atoms with Crippen molar-refractivity contribution >= 4 is 34.5 Å². The quantitative estimate of drug-likeness (QED) is 0.693. The molecular weight excluding hydrogens is 262 g/mol. The van der Waals surface area contributed by atoms with Crippen LogP contribution in [0.15, 0.2) is 34.6 Å². The number of hydrogen-bond donors (Lipinski definition) is 2. The lowest BCUT2D eigenvalue weighted by molar-refractivity contribution is 0.606. The SMILES string of the molecule is NC1=N[C@@H](c2csnn2)n2c(nc3ccccc32)N1. The predicted octanol–water partition coefficient (Wildman–Crippen LogP) is 1.17. The van der Waals surface area contributed by atoms with E-state index in [0.717, 1.165) is 16.7 Å². The maximum absolute atomic E-state index is 5.81. The van der Waals surface area contributed by atoms with Crippen molar-refractivity contribution in [2.75, 3.05) is 5.32 Å². The zero-order valence-electron chi connectivity index (χ0n) is 9.69. The molecule has 0 aliphatic carbocycles. The van der Waals surface area contributed by atoms with Crippen LogP contribution in [0.25, 0.3) is 11.0 Å². The second-order valence-electron chi connectivity index (χ2n) is 4.14. The van der Waals surface area contributed by atoms with Gasteiger partial charge in [0.1, 0.15) is 5.69 Å². The number of para-hydroxylation sites is 2. The first-order valence-electron chi connectivity index (χ1n) is 5.67. The van der Waals surface area contributed by atoms with E-state index < -0.39 is 0 Å². The summed E-state index contributed by atoms with van der Waals surface area (Å²) in [5.74, 6) is 1.01. The number of hydrogen-bond acceptors (Lipinski definition) is 7. The molecule has 19 heavy (non-hydrogen) atoms. The average molecular weight is 271 g/mol. The molecule has 7 nitrogen and oxygen atoms in total. The molecule has 0 spiro atoms. The fourth-order valence-electron chi connectivity index (χ4n) is 2.20. The van der Waals surface area contributed by atoms with Crippen LogP contribution in [0.1, 0.15) is 11.9 Å². The molecule has 2 aromatic heterocycles. The molecule has 3 aromatic rings. The molecule has 8 heteroatoms. The van der Waals surface area contributed by atoms with Crippen molar-refractivity contribution in [1.82, 2.24) is 19.1 Å². The van der Waals surface area contributed by atoms with E-state index in [4.69, 9.17) is 5.73 Å². The van der Waals surface area contributed by atoms with E-state index in [1.807, 2.05) is 34.2 Å². The van der Waals surface area contributed by atoms with Gasteiger partial charge in [0.25, 0.3) is 0 Å². The Morgan fingerprint density at radius 3 is 3.05 bits per heavy atom. The average Bonchev–Trinajstić information content (AvgIpc) is 3.04. The number of aliphatic imine (C=N–C) groups is 1. The Balaban J connectivity index is 2.00. The van der Waals surface area contributed by atoms with Crippen molar-refractivity contribution in [3.63, 3.8) is 0 Å². The Bertz CT molecular complexity index is 774. The lowest BCUT2D eigenvalue weighted by Gasteiger charge is -2.21. The van der Waals surface area contributed by atoms with Crippen LogP contribution >= 0.6 is 11.5 Å². The summed E-state index contributed by atoms with van der Waals surface area (Å²) < 4.78 is 5.86. The van der Waals surface area contributed by atoms with Crippen LogP contribution in [0.2, 0.25) is 0 Å². The third-order valence-corrected chi connectivity index (χ3v) is 3.51. The van der Waals surface area contributed by atoms with Crippen LogP contribution in [0.5, 0.6) is 0 Å². The van der Waals surface area contributed by atoms with Crippen LogP contribution in [0.4, 0.5) is 5.95 Å². The summed E-state index contributed by atoms with van der Waals surface area (Å²) >= 11 is 1.29. The molecule has 0 amide bonds. The summed E-state index contributed by atoms with van der Waals surface area (Å²) in [6, 6.07) is 7.87. The van der Waals surface area contributed by atoms with Crippen LogP contribution in [-0.4, -0.2) is 25.1 Å². The van der Waals surface area contributed by atoms with Crippen molar-refractivity contribution in [1.29, 1.82) is 0 Å². The van der Waals surface area contributed by atoms with E-state index >= 15 is 0 Å². The maximum Gasteiger partial charge on any atom is 0.212 e. The van der Waals surface area contributed by atoms with Crippen molar-refractivity contribution in [3.05, 3.63) is 35.3 Å². The Morgan fingerprint density at radius 1 is 1.32 bits per heavy atom. The third kappa shape index (κ3) is 1.50. The van der Waals surface area contributed by atoms with E-state index in [1.54, 1.807) is 0 Å². The standard InChI is InChI=1S/C11H9N7S/c12-10-14-9(7-5-19-17-16-7)18-8-4-2-1-3-6(8)13-11(18)15-10/h1-5,9H,(H3,12,13,14,15)/t9-/m1/s1. The van der Waals surface area contributed by atoms with Crippen LogP contribution < -0.4 is 11.1 Å². The highest BCUT2D eigenvalue weighted by molar-refractivity contribution is 7.03. The number of guanidine groups is 1. The Morgan fingerprint density at radius 2 is 2.21 bits per heavy atom. The van der Waals surface area contributed by atoms with Crippen molar-refractivity contribution < 1.29 is 0 Å². The summed E-state index contributed by atoms with van der Waals surface area (Å²) in [4.78, 5) is 8.91. The molecule has 0 saturated heterocycles. The van der Waals surface area contributed by atoms with Gasteiger partial charge in [0.15, 0.2) is 12.1 Å². The number of nitrogens with one attached hydrogen (secondary N) is 1. The Hall–Kier alpha value is -2.48. The van der Waals surface area contributed by atoms with E-state index in [-0.39, 0.29) is 6.17 Å². The van der Waals surface area contributed by atoms with E-state index in [1.165, 1.54) is 11.5 Å². The molecule has 0 fully saturated rings. The van der Waals surface area contributed by atoms with Gasteiger partial charge in [-0.25, -0.2) is 9.98 Å². The summed E-state index contributed by atoms with van der Waals surface area (Å²) in [5.41, 5.74) is 8.45. The fourth-order valence-corrected chi connectivity index (χ4v) is 2.66. The molecule has 4 rings (SSSR count). The van der Waals surface area contributed by atoms with Gasteiger partial charge in [-0.3, -0.25) is 9.88 Å². The molecule has 0 saturated carbocycles. The van der Waals surface area contributed by atoms with Gasteiger partial charge in [-0.05, 0) is 23.7 Å². The summed E-state index contributed by atoms with van der Waals surface area (Å²) in [6.45, 7) is 0. The van der Waals surface area contributed by atoms with Crippen molar-refractivity contribution in [2.45, 2.75) is 6.17 Å². The zero-order chi connectivity index (χ0) is 12.8. The van der Waals surface area contributed by atoms with E-state index in [9.17, 15) is 0 Å². The molecule has 3 heterocycles. The number of imidazole rings is 1. The molecule has 1 aliphatic rings. The second kappa shape index (κ2) is 3.75. The predicted molar refractivity (Wildman–Crippen MR) is 73.0 cm³/mol. The number of anilines is 1. The molecule has 1 aromatic carbocycles. The van der Waals surface area contributed by atoms with Crippen molar-refractivity contribution in [2.24, 2.45) is 10.7 Å². The lowest BCUT2D eigenvalue weighted by atomic mass is 10.3. The topological polar surface area (TPSA) is 94.0 Å². The molecule has 1 atom stereocenters. The van der Waals surface area contributed by atoms with Crippen molar-refractivity contribution in [3.8, 4) is 0 Å². The normalized spacial score (nSPS) is 17.9. The number of nitrogens with zero attached hydrogens (tertiary/aromatic N) is 5. The molecular formula is C11H9N7S. The number of aromatic nitrogens is 4. The lowest BCUT2D eigenvalue weighted by Crippen LogP contribution is -2.31. The van der Waals surface area contributed by atoms with Gasteiger partial charge in [-0.15, -0.1) is 5.10 Å². The molecule has 0 bridgehead atoms. The fraction of sp³-hybridized carbons (Fsp3) is 0.0909. The van der Waals surface area contributed by atoms with Crippen LogP contribution in [0.3, 0.4) is 0 Å². The highest BCUT2D eigenvalue weighted by atomic mass is 32.1. The zero-order valence-corrected chi connectivity index (χ0v) is 10.5. The first-order valence-corrected chi connectivity index (χ1v) is 6.51. The molecule has 0 radical (unpaired) electrons. The number of rotatable bonds is 1. The van der Waals surface area contributed by atoms with Gasteiger partial charge >= 0.3 is 0 Å². The maximum atomic E-state index is 5.81. The van der Waals surface area contributed by atoms with Gasteiger partial charge in [0, 0.05) is 5.38 Å². The number of benzene rings is 1. The largest absolute Gasteiger partial charge is 0.370 e. The van der Waals surface area contributed by atoms with Crippen LogP contribution in [0, 0.1) is 0 Å². The second-order valence-corrected chi connectivity index (χ2v) is 4.75. The summed E-state index contributed by atoms with van der Waals surface area (Å²) in [7, 11) is 0. The Kier molecular flexibility index (Phi) is 2.06. The molecule has 0 unspecified atom stereocenters. The number of nitrogens with two attached hydrogens (primary N) is 1. The van der Waals surface area contributed by atoms with Gasteiger partial charge in [-0.1, -0.05) is 16.6 Å². The minimum Gasteiger partial charge on any atom is -0.370 e. The van der Waals surface area contributed by atoms with Gasteiger partial charge in [-0.2, -0.15) is 0 Å². The highest BCUT2D eigenvalue weighted by Gasteiger charge is 2.26. The first kappa shape index (κ1) is 10.4. The minimum atomic E-state index is -0.317. The van der Waals surface area contributed by atoms with Gasteiger partial charge < -0.3 is 5.73 Å². The van der Waals surface area contributed by atoms with E-state index in [2.05, 4.69) is 24.9 Å². The summed E-state index contributed by atoms with van der Waals surface area (Å²) in [5, 5.41) is 8.93. The monoisotopic (exact) mass is 271 g/mol. The third-order valence-electron chi connectivity index (χ3n) is 2.98. The van der Waals surface area contributed by atoms with E-state index in [0.29, 0.717) is 11.9 Å². The first-order chi connectivity index (χ1) is 9.33. The van der Waals surface area contributed by atoms with Gasteiger partial charge in [0.2, 0.25) is 5.95 Å². The Labute approximate surface area is 112 Å². The van der Waals surface area contributed by atoms with Crippen LogP contribution in [-0.2, 0) is 0 Å². The highest BCUT2D eigenvalue weighted by Crippen LogP contribution is 2.31. The molecule has 94 valence electrons.